The molecule has 0 aliphatic heterocycles. The summed E-state index contributed by atoms with van der Waals surface area (Å²) in [6.07, 6.45) is 2.53. The summed E-state index contributed by atoms with van der Waals surface area (Å²) in [5, 5.41) is 1.30. The van der Waals surface area contributed by atoms with Crippen molar-refractivity contribution >= 4 is 26.6 Å². The van der Waals surface area contributed by atoms with Crippen molar-refractivity contribution in [2.45, 2.75) is 25.0 Å². The number of hydrogen-bond acceptors (Lipinski definition) is 0. The fourth-order valence-corrected chi connectivity index (χ4v) is 12.7. The first-order valence-electron chi connectivity index (χ1n) is 8.43. The molecule has 0 fully saturated rings. The van der Waals surface area contributed by atoms with Crippen molar-refractivity contribution < 1.29 is 12.4 Å². The number of benzene rings is 3. The SMILES string of the molecule is CCCC[As+](c1ccccc1)(c1ccccc1)c1ccccc1.[Cl-]. The van der Waals surface area contributed by atoms with Crippen LogP contribution < -0.4 is 25.5 Å². The van der Waals surface area contributed by atoms with E-state index in [1.807, 2.05) is 0 Å². The molecule has 0 aliphatic rings. The Morgan fingerprint density at radius 1 is 0.583 bits per heavy atom. The van der Waals surface area contributed by atoms with Gasteiger partial charge in [0.1, 0.15) is 0 Å². The molecule has 0 bridgehead atoms. The van der Waals surface area contributed by atoms with Crippen LogP contribution in [0.5, 0.6) is 0 Å². The molecule has 0 spiro atoms. The molecule has 0 saturated carbocycles. The molecule has 0 heterocycles. The van der Waals surface area contributed by atoms with Gasteiger partial charge in [0.2, 0.25) is 0 Å². The molecule has 0 unspecified atom stereocenters. The van der Waals surface area contributed by atoms with E-state index in [0.717, 1.165) is 0 Å². The van der Waals surface area contributed by atoms with Gasteiger partial charge in [-0.15, -0.1) is 0 Å². The summed E-state index contributed by atoms with van der Waals surface area (Å²) >= 11 is -2.39. The van der Waals surface area contributed by atoms with Crippen LogP contribution in [0.25, 0.3) is 0 Å². The fourth-order valence-electron chi connectivity index (χ4n) is 3.28. The largest absolute Gasteiger partial charge is 1.00 e. The second-order valence-corrected chi connectivity index (χ2v) is 13.5. The Bertz CT molecular complexity index is 614. The third kappa shape index (κ3) is 3.77. The van der Waals surface area contributed by atoms with E-state index in [1.165, 1.54) is 18.1 Å². The zero-order chi connectivity index (χ0) is 16.0. The number of unbranched alkanes of at least 4 members (excludes halogenated alkanes) is 1. The average Bonchev–Trinajstić information content (AvgIpc) is 2.65. The fraction of sp³-hybridized carbons (Fsp3) is 0.182. The second kappa shape index (κ2) is 9.11. The Morgan fingerprint density at radius 2 is 0.917 bits per heavy atom. The molecule has 3 rings (SSSR count). The van der Waals surface area contributed by atoms with E-state index < -0.39 is 13.6 Å². The van der Waals surface area contributed by atoms with Crippen molar-refractivity contribution in [3.05, 3.63) is 91.0 Å². The minimum Gasteiger partial charge on any atom is -1.00 e. The van der Waals surface area contributed by atoms with Crippen molar-refractivity contribution in [2.75, 3.05) is 0 Å². The van der Waals surface area contributed by atoms with Crippen molar-refractivity contribution in [3.8, 4) is 0 Å². The third-order valence-corrected chi connectivity index (χ3v) is 13.9. The molecule has 0 nitrogen and oxygen atoms in total. The molecule has 3 aromatic rings. The van der Waals surface area contributed by atoms with Crippen molar-refractivity contribution in [1.82, 2.24) is 0 Å². The van der Waals surface area contributed by atoms with Crippen LogP contribution >= 0.6 is 0 Å². The molecule has 2 heteroatoms. The first kappa shape index (κ1) is 18.8. The van der Waals surface area contributed by atoms with Gasteiger partial charge in [-0.25, -0.2) is 0 Å². The molecule has 124 valence electrons. The van der Waals surface area contributed by atoms with Crippen molar-refractivity contribution in [1.29, 1.82) is 0 Å². The molecule has 3 aromatic carbocycles. The maximum Gasteiger partial charge on any atom is -1.00 e. The molecule has 0 saturated heterocycles. The molecule has 24 heavy (non-hydrogen) atoms. The normalized spacial score (nSPS) is 10.9. The molecular formula is C22H24AsCl. The van der Waals surface area contributed by atoms with E-state index in [0.29, 0.717) is 0 Å². The minimum absolute atomic E-state index is 0. The molecule has 0 N–H and O–H groups in total. The summed E-state index contributed by atoms with van der Waals surface area (Å²) in [6, 6.07) is 33.7. The summed E-state index contributed by atoms with van der Waals surface area (Å²) in [5.41, 5.74) is 0. The summed E-state index contributed by atoms with van der Waals surface area (Å²) in [7, 11) is 0. The van der Waals surface area contributed by atoms with Crippen LogP contribution in [-0.4, -0.2) is 13.6 Å². The van der Waals surface area contributed by atoms with Gasteiger partial charge in [-0.3, -0.25) is 0 Å². The smallest absolute Gasteiger partial charge is 1.00 e. The van der Waals surface area contributed by atoms with Crippen LogP contribution in [0.1, 0.15) is 19.8 Å². The van der Waals surface area contributed by atoms with E-state index >= 15 is 0 Å². The van der Waals surface area contributed by atoms with Crippen LogP contribution in [0.3, 0.4) is 0 Å². The van der Waals surface area contributed by atoms with E-state index in [1.54, 1.807) is 13.1 Å². The van der Waals surface area contributed by atoms with Gasteiger partial charge in [0.15, 0.2) is 0 Å². The first-order chi connectivity index (χ1) is 11.4. The Kier molecular flexibility index (Phi) is 7.15. The Balaban J connectivity index is 0.00000208. The maximum absolute atomic E-state index is 2.39. The summed E-state index contributed by atoms with van der Waals surface area (Å²) in [5.74, 6) is 0. The molecule has 0 aromatic heterocycles. The Morgan fingerprint density at radius 3 is 1.21 bits per heavy atom. The summed E-state index contributed by atoms with van der Waals surface area (Å²) < 4.78 is 4.66. The minimum atomic E-state index is -2.39. The standard InChI is InChI=1S/C22H24As.ClH/c1-2-3-19-23(20-13-7-4-8-14-20,21-15-9-5-10-16-21)22-17-11-6-12-18-22;/h4-18H,2-3,19H2,1H3;1H/q+1;/p-1. The zero-order valence-corrected chi connectivity index (χ0v) is 16.7. The Labute approximate surface area is 154 Å². The monoisotopic (exact) mass is 398 g/mol. The topological polar surface area (TPSA) is 0 Å². The Hall–Kier alpha value is -1.49. The van der Waals surface area contributed by atoms with Crippen LogP contribution in [0.15, 0.2) is 91.0 Å². The first-order valence-corrected chi connectivity index (χ1v) is 12.6. The van der Waals surface area contributed by atoms with Gasteiger partial charge in [0, 0.05) is 0 Å². The van der Waals surface area contributed by atoms with E-state index in [-0.39, 0.29) is 12.4 Å². The zero-order valence-electron chi connectivity index (χ0n) is 14.1. The van der Waals surface area contributed by atoms with Gasteiger partial charge < -0.3 is 12.4 Å². The van der Waals surface area contributed by atoms with Crippen LogP contribution in [0.2, 0.25) is 5.21 Å². The molecule has 0 amide bonds. The van der Waals surface area contributed by atoms with E-state index in [2.05, 4.69) is 97.9 Å². The maximum atomic E-state index is 2.35. The van der Waals surface area contributed by atoms with Crippen LogP contribution in [-0.2, 0) is 0 Å². The quantitative estimate of drug-likeness (QED) is 0.543. The van der Waals surface area contributed by atoms with Gasteiger partial charge in [-0.1, -0.05) is 0 Å². The van der Waals surface area contributed by atoms with Crippen LogP contribution in [0.4, 0.5) is 0 Å². The number of rotatable bonds is 6. The molecule has 0 radical (unpaired) electrons. The second-order valence-electron chi connectivity index (χ2n) is 5.89. The van der Waals surface area contributed by atoms with Gasteiger partial charge in [-0.05, 0) is 0 Å². The van der Waals surface area contributed by atoms with Crippen molar-refractivity contribution in [2.24, 2.45) is 0 Å². The average molecular weight is 399 g/mol. The predicted octanol–water partition coefficient (Wildman–Crippen LogP) is 0.961. The van der Waals surface area contributed by atoms with E-state index in [9.17, 15) is 0 Å². The number of hydrogen-bond donors (Lipinski definition) is 0. The van der Waals surface area contributed by atoms with Gasteiger partial charge in [-0.2, -0.15) is 0 Å². The molecule has 0 aliphatic carbocycles. The van der Waals surface area contributed by atoms with Crippen molar-refractivity contribution in [3.63, 3.8) is 0 Å². The van der Waals surface area contributed by atoms with Gasteiger partial charge >= 0.3 is 143 Å². The molecule has 0 atom stereocenters. The summed E-state index contributed by atoms with van der Waals surface area (Å²) in [6.45, 7) is 2.30. The summed E-state index contributed by atoms with van der Waals surface area (Å²) in [4.78, 5) is 0. The molecular weight excluding hydrogens is 375 g/mol. The predicted molar refractivity (Wildman–Crippen MR) is 104 cm³/mol. The van der Waals surface area contributed by atoms with E-state index in [4.69, 9.17) is 0 Å². The third-order valence-electron chi connectivity index (χ3n) is 4.44. The van der Waals surface area contributed by atoms with Gasteiger partial charge in [0.05, 0.1) is 0 Å². The van der Waals surface area contributed by atoms with Crippen LogP contribution in [0, 0.1) is 0 Å². The number of halogens is 1. The van der Waals surface area contributed by atoms with Gasteiger partial charge in [0.25, 0.3) is 0 Å².